The Morgan fingerprint density at radius 3 is 2.53 bits per heavy atom. The first-order valence-corrected chi connectivity index (χ1v) is 10.9. The molecule has 0 saturated carbocycles. The first kappa shape index (κ1) is 26.4. The van der Waals surface area contributed by atoms with Crippen LogP contribution in [0.5, 0.6) is 0 Å². The third-order valence-electron chi connectivity index (χ3n) is 4.63. The highest BCUT2D eigenvalue weighted by Gasteiger charge is 2.19. The molecule has 4 rings (SSSR count). The first-order chi connectivity index (χ1) is 17.3. The number of benzene rings is 2. The van der Waals surface area contributed by atoms with E-state index in [9.17, 15) is 13.6 Å². The number of nitrogens with one attached hydrogen (secondary N) is 2. The number of nitrogen functional groups attached to an aromatic ring is 1. The van der Waals surface area contributed by atoms with Gasteiger partial charge in [-0.3, -0.25) is 4.79 Å². The van der Waals surface area contributed by atoms with Crippen LogP contribution in [0.4, 0.5) is 26.2 Å². The molecular weight excluding hydrogens is 496 g/mol. The van der Waals surface area contributed by atoms with Gasteiger partial charge in [0.15, 0.2) is 0 Å². The number of hydrogen-bond donors (Lipinski definition) is 4. The second kappa shape index (κ2) is 12.5. The van der Waals surface area contributed by atoms with E-state index >= 15 is 0 Å². The second-order valence-electron chi connectivity index (χ2n) is 7.11. The minimum Gasteiger partial charge on any atom is -0.396 e. The lowest BCUT2D eigenvalue weighted by atomic mass is 10.2. The average molecular weight is 518 g/mol. The summed E-state index contributed by atoms with van der Waals surface area (Å²) in [6.07, 6.45) is -0.845. The van der Waals surface area contributed by atoms with Crippen molar-refractivity contribution in [2.75, 3.05) is 24.7 Å². The fraction of sp³-hybridized carbons (Fsp3) is 0.174. The number of hydrogen-bond acceptors (Lipinski definition) is 9. The molecule has 1 amide bonds. The van der Waals surface area contributed by atoms with Crippen LogP contribution in [0.2, 0.25) is 5.02 Å². The topological polar surface area (TPSA) is 152 Å². The fourth-order valence-electron chi connectivity index (χ4n) is 2.87. The van der Waals surface area contributed by atoms with Crippen LogP contribution in [0, 0.1) is 0 Å². The van der Waals surface area contributed by atoms with E-state index in [-0.39, 0.29) is 40.8 Å². The molecular formula is C23H22ClF2N7O3. The summed E-state index contributed by atoms with van der Waals surface area (Å²) >= 11 is 6.08. The minimum absolute atomic E-state index is 0.0509. The van der Waals surface area contributed by atoms with Gasteiger partial charge in [-0.25, -0.2) is 13.8 Å². The number of rotatable bonds is 7. The smallest absolute Gasteiger partial charge is 0.300 e. The maximum atomic E-state index is 12.5. The third-order valence-corrected chi connectivity index (χ3v) is 4.94. The quantitative estimate of drug-likeness (QED) is 0.284. The summed E-state index contributed by atoms with van der Waals surface area (Å²) < 4.78 is 29.8. The number of aliphatic hydroxyl groups is 1. The molecule has 0 aliphatic carbocycles. The molecule has 36 heavy (non-hydrogen) atoms. The number of carbonyl (C=O) groups is 1. The minimum atomic E-state index is -2.87. The maximum Gasteiger partial charge on any atom is 0.300 e. The van der Waals surface area contributed by atoms with Gasteiger partial charge >= 0.3 is 6.43 Å². The highest BCUT2D eigenvalue weighted by atomic mass is 35.5. The van der Waals surface area contributed by atoms with Crippen LogP contribution in [0.25, 0.3) is 11.5 Å². The van der Waals surface area contributed by atoms with Crippen LogP contribution < -0.4 is 16.4 Å². The first-order valence-electron chi connectivity index (χ1n) is 10.5. The van der Waals surface area contributed by atoms with E-state index in [1.54, 1.807) is 6.07 Å². The molecule has 2 heterocycles. The zero-order valence-corrected chi connectivity index (χ0v) is 19.7. The average Bonchev–Trinajstić information content (AvgIpc) is 3.36. The van der Waals surface area contributed by atoms with E-state index in [4.69, 9.17) is 27.0 Å². The van der Waals surface area contributed by atoms with E-state index in [2.05, 4.69) is 30.7 Å². The predicted octanol–water partition coefficient (Wildman–Crippen LogP) is 4.02. The summed E-state index contributed by atoms with van der Waals surface area (Å²) in [5.41, 5.74) is 7.96. The number of aromatic nitrogens is 4. The highest BCUT2D eigenvalue weighted by molar-refractivity contribution is 6.34. The van der Waals surface area contributed by atoms with Crippen LogP contribution in [-0.4, -0.2) is 44.8 Å². The van der Waals surface area contributed by atoms with Crippen LogP contribution >= 0.6 is 11.6 Å². The van der Waals surface area contributed by atoms with Crippen molar-refractivity contribution in [1.82, 2.24) is 25.4 Å². The van der Waals surface area contributed by atoms with Crippen molar-refractivity contribution in [3.8, 4) is 11.5 Å². The van der Waals surface area contributed by atoms with Gasteiger partial charge in [-0.15, -0.1) is 0 Å². The number of anilines is 3. The Labute approximate surface area is 209 Å². The van der Waals surface area contributed by atoms with Crippen molar-refractivity contribution in [1.29, 1.82) is 0 Å². The Morgan fingerprint density at radius 2 is 1.94 bits per heavy atom. The zero-order chi connectivity index (χ0) is 26.1. The number of halogens is 3. The van der Waals surface area contributed by atoms with Crippen LogP contribution in [-0.2, 0) is 6.42 Å². The third kappa shape index (κ3) is 6.93. The SMILES string of the molecule is CNC(=O)c1ccc(Nc2ncc(-c3nc(C(F)F)no3)c(N)n2)cc1Cl.OCCc1ccccc1. The monoisotopic (exact) mass is 517 g/mol. The van der Waals surface area contributed by atoms with Gasteiger partial charge in [-0.1, -0.05) is 47.1 Å². The number of amides is 1. The van der Waals surface area contributed by atoms with Crippen molar-refractivity contribution in [3.05, 3.63) is 76.7 Å². The van der Waals surface area contributed by atoms with E-state index in [0.29, 0.717) is 11.3 Å². The molecule has 0 fully saturated rings. The molecule has 10 nitrogen and oxygen atoms in total. The van der Waals surface area contributed by atoms with Crippen LogP contribution in [0.3, 0.4) is 0 Å². The summed E-state index contributed by atoms with van der Waals surface area (Å²) in [5, 5.41) is 17.2. The number of nitrogens with zero attached hydrogens (tertiary/aromatic N) is 4. The molecule has 0 saturated heterocycles. The van der Waals surface area contributed by atoms with Gasteiger partial charge in [-0.05, 0) is 30.2 Å². The summed E-state index contributed by atoms with van der Waals surface area (Å²) in [6.45, 7) is 0.240. The van der Waals surface area contributed by atoms with Crippen molar-refractivity contribution in [2.45, 2.75) is 12.8 Å². The zero-order valence-electron chi connectivity index (χ0n) is 19.0. The van der Waals surface area contributed by atoms with Crippen molar-refractivity contribution in [2.24, 2.45) is 0 Å². The Kier molecular flexibility index (Phi) is 9.19. The van der Waals surface area contributed by atoms with E-state index in [1.807, 2.05) is 30.3 Å². The lowest BCUT2D eigenvalue weighted by Crippen LogP contribution is -2.18. The lowest BCUT2D eigenvalue weighted by Gasteiger charge is -2.09. The Bertz CT molecular complexity index is 1310. The molecule has 0 bridgehead atoms. The standard InChI is InChI=1S/C15H12ClF2N7O2.C8H10O/c1-20-13(26)7-3-2-6(4-9(7)16)22-15-21-5-8(11(19)23-15)14-24-12(10(17)18)25-27-14;9-7-6-8-4-2-1-3-5-8/h2-5,10H,1H3,(H,20,26)(H3,19,21,22,23);1-5,9H,6-7H2. The molecule has 0 radical (unpaired) electrons. The van der Waals surface area contributed by atoms with Gasteiger partial charge in [0.2, 0.25) is 11.8 Å². The molecule has 5 N–H and O–H groups in total. The summed E-state index contributed by atoms with van der Waals surface area (Å²) in [6, 6.07) is 14.6. The van der Waals surface area contributed by atoms with Crippen molar-refractivity contribution in [3.63, 3.8) is 0 Å². The van der Waals surface area contributed by atoms with Gasteiger partial charge in [-0.2, -0.15) is 9.97 Å². The predicted molar refractivity (Wildman–Crippen MR) is 130 cm³/mol. The number of carbonyl (C=O) groups excluding carboxylic acids is 1. The van der Waals surface area contributed by atoms with Gasteiger partial charge in [0, 0.05) is 25.5 Å². The maximum absolute atomic E-state index is 12.5. The van der Waals surface area contributed by atoms with E-state index in [1.165, 1.54) is 30.9 Å². The molecule has 0 spiro atoms. The molecule has 0 atom stereocenters. The van der Waals surface area contributed by atoms with Gasteiger partial charge in [0.05, 0.1) is 10.6 Å². The number of alkyl halides is 2. The summed E-state index contributed by atoms with van der Waals surface area (Å²) in [5.74, 6) is -1.22. The normalized spacial score (nSPS) is 10.5. The van der Waals surface area contributed by atoms with E-state index in [0.717, 1.165) is 6.42 Å². The summed E-state index contributed by atoms with van der Waals surface area (Å²) in [4.78, 5) is 23.2. The lowest BCUT2D eigenvalue weighted by molar-refractivity contribution is 0.0963. The number of aliphatic hydroxyl groups excluding tert-OH is 1. The molecule has 0 aliphatic heterocycles. The van der Waals surface area contributed by atoms with Crippen molar-refractivity contribution < 1.29 is 23.2 Å². The molecule has 0 aliphatic rings. The van der Waals surface area contributed by atoms with Gasteiger partial charge < -0.3 is 26.0 Å². The second-order valence-corrected chi connectivity index (χ2v) is 7.52. The molecule has 188 valence electrons. The largest absolute Gasteiger partial charge is 0.396 e. The Hall–Kier alpha value is -4.16. The molecule has 0 unspecified atom stereocenters. The Balaban J connectivity index is 0.000000338. The molecule has 2 aromatic carbocycles. The molecule has 4 aromatic rings. The molecule has 13 heteroatoms. The van der Waals surface area contributed by atoms with Crippen LogP contribution in [0.15, 0.2) is 59.3 Å². The van der Waals surface area contributed by atoms with E-state index < -0.39 is 12.2 Å². The van der Waals surface area contributed by atoms with Gasteiger partial charge in [0.1, 0.15) is 11.4 Å². The van der Waals surface area contributed by atoms with Crippen molar-refractivity contribution >= 4 is 35.0 Å². The highest BCUT2D eigenvalue weighted by Crippen LogP contribution is 2.27. The summed E-state index contributed by atoms with van der Waals surface area (Å²) in [7, 11) is 1.50. The fourth-order valence-corrected chi connectivity index (χ4v) is 3.13. The van der Waals surface area contributed by atoms with Crippen LogP contribution in [0.1, 0.15) is 28.2 Å². The Morgan fingerprint density at radius 1 is 1.19 bits per heavy atom. The molecule has 2 aromatic heterocycles. The van der Waals surface area contributed by atoms with Gasteiger partial charge in [0.25, 0.3) is 11.8 Å². The number of nitrogens with two attached hydrogens (primary N) is 1.